The second-order valence-corrected chi connectivity index (χ2v) is 11.8. The Morgan fingerprint density at radius 3 is 2.15 bits per heavy atom. The molecule has 0 aromatic heterocycles. The van der Waals surface area contributed by atoms with Crippen molar-refractivity contribution in [1.29, 1.82) is 0 Å². The fraction of sp³-hybridized carbons (Fsp3) is 0.462. The van der Waals surface area contributed by atoms with Crippen LogP contribution in [-0.4, -0.2) is 30.7 Å². The van der Waals surface area contributed by atoms with E-state index in [2.05, 4.69) is 36.0 Å². The fourth-order valence-corrected chi connectivity index (χ4v) is 5.12. The number of aliphatic hydroxyl groups is 1. The zero-order chi connectivity index (χ0) is 25.0. The van der Waals surface area contributed by atoms with E-state index >= 15 is 0 Å². The maximum atomic E-state index is 12.7. The summed E-state index contributed by atoms with van der Waals surface area (Å²) in [5.74, 6) is -0.314. The number of anilines is 1. The number of amides is 1. The summed E-state index contributed by atoms with van der Waals surface area (Å²) >= 11 is 0. The molecule has 1 aliphatic carbocycles. The van der Waals surface area contributed by atoms with Gasteiger partial charge in [0.25, 0.3) is 10.0 Å². The molecule has 34 heavy (non-hydrogen) atoms. The average molecular weight is 486 g/mol. The standard InChI is InChI=1S/C26H35N3O4S/c1-19(27-28-24(30)18-26(31)16-6-5-7-17-26)20-8-12-22(13-9-20)29-34(32,33)23-14-10-21(11-15-23)25(2,3)4/h8-15,29,31H,5-7,16-18H2,1-4H3,(H,28,30)/b27-19+. The van der Waals surface area contributed by atoms with Crippen LogP contribution in [0.4, 0.5) is 5.69 Å². The van der Waals surface area contributed by atoms with Crippen molar-refractivity contribution in [3.05, 3.63) is 59.7 Å². The number of nitrogens with one attached hydrogen (secondary N) is 2. The molecule has 0 saturated heterocycles. The Balaban J connectivity index is 1.61. The van der Waals surface area contributed by atoms with Crippen LogP contribution < -0.4 is 10.1 Å². The summed E-state index contributed by atoms with van der Waals surface area (Å²) in [5.41, 5.74) is 4.35. The van der Waals surface area contributed by atoms with Gasteiger partial charge in [-0.1, -0.05) is 64.3 Å². The first-order chi connectivity index (χ1) is 15.9. The summed E-state index contributed by atoms with van der Waals surface area (Å²) < 4.78 is 28.1. The van der Waals surface area contributed by atoms with E-state index in [0.717, 1.165) is 30.4 Å². The third-order valence-electron chi connectivity index (χ3n) is 6.21. The number of benzene rings is 2. The van der Waals surface area contributed by atoms with Crippen LogP contribution >= 0.6 is 0 Å². The molecule has 0 aliphatic heterocycles. The summed E-state index contributed by atoms with van der Waals surface area (Å²) in [6.07, 6.45) is 4.29. The lowest BCUT2D eigenvalue weighted by Crippen LogP contribution is -2.37. The smallest absolute Gasteiger partial charge is 0.261 e. The molecule has 1 saturated carbocycles. The van der Waals surface area contributed by atoms with Gasteiger partial charge >= 0.3 is 0 Å². The highest BCUT2D eigenvalue weighted by molar-refractivity contribution is 7.92. The molecular weight excluding hydrogens is 450 g/mol. The molecule has 3 N–H and O–H groups in total. The van der Waals surface area contributed by atoms with Crippen LogP contribution in [0.3, 0.4) is 0 Å². The second-order valence-electron chi connectivity index (χ2n) is 10.2. The molecule has 1 aliphatic rings. The van der Waals surface area contributed by atoms with E-state index < -0.39 is 15.6 Å². The highest BCUT2D eigenvalue weighted by Gasteiger charge is 2.31. The molecule has 184 valence electrons. The molecule has 0 spiro atoms. The molecule has 3 rings (SSSR count). The van der Waals surface area contributed by atoms with E-state index in [0.29, 0.717) is 24.2 Å². The van der Waals surface area contributed by atoms with Crippen molar-refractivity contribution >= 4 is 27.3 Å². The lowest BCUT2D eigenvalue weighted by molar-refractivity contribution is -0.127. The number of carbonyl (C=O) groups is 1. The number of nitrogens with zero attached hydrogens (tertiary/aromatic N) is 1. The van der Waals surface area contributed by atoms with E-state index in [9.17, 15) is 18.3 Å². The first kappa shape index (κ1) is 25.9. The minimum atomic E-state index is -3.71. The summed E-state index contributed by atoms with van der Waals surface area (Å²) in [7, 11) is -3.71. The predicted octanol–water partition coefficient (Wildman–Crippen LogP) is 4.71. The third kappa shape index (κ3) is 6.90. The van der Waals surface area contributed by atoms with Crippen molar-refractivity contribution in [2.75, 3.05) is 4.72 Å². The minimum Gasteiger partial charge on any atom is -0.389 e. The van der Waals surface area contributed by atoms with Crippen LogP contribution in [0, 0.1) is 0 Å². The Morgan fingerprint density at radius 1 is 1.00 bits per heavy atom. The van der Waals surface area contributed by atoms with E-state index in [-0.39, 0.29) is 22.6 Å². The van der Waals surface area contributed by atoms with Gasteiger partial charge < -0.3 is 5.11 Å². The molecule has 0 unspecified atom stereocenters. The number of rotatable bonds is 7. The topological polar surface area (TPSA) is 108 Å². The number of hydrogen-bond donors (Lipinski definition) is 3. The van der Waals surface area contributed by atoms with Crippen LogP contribution in [0.2, 0.25) is 0 Å². The monoisotopic (exact) mass is 485 g/mol. The molecule has 7 nitrogen and oxygen atoms in total. The number of sulfonamides is 1. The van der Waals surface area contributed by atoms with Crippen molar-refractivity contribution in [2.24, 2.45) is 5.10 Å². The van der Waals surface area contributed by atoms with E-state index in [1.54, 1.807) is 43.3 Å². The largest absolute Gasteiger partial charge is 0.389 e. The van der Waals surface area contributed by atoms with Gasteiger partial charge in [0.05, 0.1) is 22.6 Å². The van der Waals surface area contributed by atoms with Crippen LogP contribution in [0.5, 0.6) is 0 Å². The summed E-state index contributed by atoms with van der Waals surface area (Å²) in [5, 5.41) is 14.7. The number of hydrogen-bond acceptors (Lipinski definition) is 5. The van der Waals surface area contributed by atoms with Crippen molar-refractivity contribution in [1.82, 2.24) is 5.43 Å². The van der Waals surface area contributed by atoms with Gasteiger partial charge in [-0.3, -0.25) is 9.52 Å². The van der Waals surface area contributed by atoms with Crippen molar-refractivity contribution in [3.63, 3.8) is 0 Å². The van der Waals surface area contributed by atoms with Crippen molar-refractivity contribution in [2.45, 2.75) is 82.1 Å². The van der Waals surface area contributed by atoms with Crippen molar-refractivity contribution in [3.8, 4) is 0 Å². The normalized spacial score (nSPS) is 16.7. The van der Waals surface area contributed by atoms with E-state index in [1.165, 1.54) is 0 Å². The molecule has 0 radical (unpaired) electrons. The summed E-state index contributed by atoms with van der Waals surface area (Å²) in [6, 6.07) is 13.7. The summed E-state index contributed by atoms with van der Waals surface area (Å²) in [4.78, 5) is 12.4. The van der Waals surface area contributed by atoms with Gasteiger partial charge in [0.15, 0.2) is 0 Å². The van der Waals surface area contributed by atoms with Gasteiger partial charge in [-0.25, -0.2) is 13.8 Å². The van der Waals surface area contributed by atoms with Crippen LogP contribution in [0.25, 0.3) is 0 Å². The molecular formula is C26H35N3O4S. The molecule has 1 fully saturated rings. The lowest BCUT2D eigenvalue weighted by atomic mass is 9.82. The van der Waals surface area contributed by atoms with Gasteiger partial charge in [-0.2, -0.15) is 5.10 Å². The Bertz CT molecular complexity index is 1130. The second kappa shape index (κ2) is 10.3. The fourth-order valence-electron chi connectivity index (χ4n) is 4.06. The SMILES string of the molecule is C/C(=N\NC(=O)CC1(O)CCCCC1)c1ccc(NS(=O)(=O)c2ccc(C(C)(C)C)cc2)cc1. The first-order valence-corrected chi connectivity index (χ1v) is 13.2. The molecule has 1 amide bonds. The molecule has 0 atom stereocenters. The molecule has 0 bridgehead atoms. The molecule has 0 heterocycles. The van der Waals surface area contributed by atoms with Crippen molar-refractivity contribution < 1.29 is 18.3 Å². The highest BCUT2D eigenvalue weighted by Crippen LogP contribution is 2.30. The molecule has 2 aromatic carbocycles. The quantitative estimate of drug-likeness (QED) is 0.390. The third-order valence-corrected chi connectivity index (χ3v) is 7.60. The van der Waals surface area contributed by atoms with Crippen LogP contribution in [-0.2, 0) is 20.2 Å². The minimum absolute atomic E-state index is 0.0429. The Labute approximate surface area is 202 Å². The van der Waals surface area contributed by atoms with Gasteiger partial charge in [-0.15, -0.1) is 0 Å². The Kier molecular flexibility index (Phi) is 7.83. The Hall–Kier alpha value is -2.71. The van der Waals surface area contributed by atoms with Gasteiger partial charge in [0.2, 0.25) is 5.91 Å². The van der Waals surface area contributed by atoms with Gasteiger partial charge in [-0.05, 0) is 60.6 Å². The maximum absolute atomic E-state index is 12.7. The Morgan fingerprint density at radius 2 is 1.59 bits per heavy atom. The zero-order valence-corrected chi connectivity index (χ0v) is 21.2. The van der Waals surface area contributed by atoms with Crippen LogP contribution in [0.1, 0.15) is 77.3 Å². The summed E-state index contributed by atoms with van der Waals surface area (Å²) in [6.45, 7) is 7.98. The van der Waals surface area contributed by atoms with Gasteiger partial charge in [0.1, 0.15) is 0 Å². The van der Waals surface area contributed by atoms with Gasteiger partial charge in [0, 0.05) is 5.69 Å². The van der Waals surface area contributed by atoms with E-state index in [1.807, 2.05) is 12.1 Å². The number of hydrazone groups is 1. The maximum Gasteiger partial charge on any atom is 0.261 e. The number of carbonyl (C=O) groups excluding carboxylic acids is 1. The molecule has 2 aromatic rings. The lowest BCUT2D eigenvalue weighted by Gasteiger charge is -2.31. The first-order valence-electron chi connectivity index (χ1n) is 11.7. The van der Waals surface area contributed by atoms with E-state index in [4.69, 9.17) is 0 Å². The molecule has 8 heteroatoms. The predicted molar refractivity (Wildman–Crippen MR) is 135 cm³/mol. The highest BCUT2D eigenvalue weighted by atomic mass is 32.2. The zero-order valence-electron chi connectivity index (χ0n) is 20.4. The average Bonchev–Trinajstić information content (AvgIpc) is 2.77. The van der Waals surface area contributed by atoms with Crippen LogP contribution in [0.15, 0.2) is 58.5 Å².